The Hall–Kier alpha value is -2.54. The summed E-state index contributed by atoms with van der Waals surface area (Å²) < 4.78 is 16.2. The van der Waals surface area contributed by atoms with Gasteiger partial charge < -0.3 is 14.2 Å². The van der Waals surface area contributed by atoms with E-state index in [9.17, 15) is 9.59 Å². The van der Waals surface area contributed by atoms with Crippen LogP contribution in [0.25, 0.3) is 0 Å². The molecule has 2 aromatic rings. The van der Waals surface area contributed by atoms with Crippen molar-refractivity contribution in [1.29, 1.82) is 0 Å². The molecule has 0 spiro atoms. The van der Waals surface area contributed by atoms with Gasteiger partial charge in [0.2, 0.25) is 0 Å². The van der Waals surface area contributed by atoms with E-state index in [1.165, 1.54) is 19.1 Å². The Labute approximate surface area is 154 Å². The standard InChI is InChI=1S/C18H18BrNO5/c1-20(18(22)24-3)15-7-5-4-6-14(15)17(21)25-11-12-10-13(19)8-9-16(12)23-2/h4-10H,11H2,1-3H3. The summed E-state index contributed by atoms with van der Waals surface area (Å²) in [6, 6.07) is 12.1. The number of nitrogens with zero attached hydrogens (tertiary/aromatic N) is 1. The first-order chi connectivity index (χ1) is 12.0. The lowest BCUT2D eigenvalue weighted by Gasteiger charge is -2.18. The highest BCUT2D eigenvalue weighted by Crippen LogP contribution is 2.25. The van der Waals surface area contributed by atoms with E-state index in [4.69, 9.17) is 9.47 Å². The molecule has 0 heterocycles. The van der Waals surface area contributed by atoms with Crippen LogP contribution in [0.5, 0.6) is 5.75 Å². The molecule has 0 aromatic heterocycles. The lowest BCUT2D eigenvalue weighted by Crippen LogP contribution is -2.27. The normalized spacial score (nSPS) is 10.1. The van der Waals surface area contributed by atoms with Crippen molar-refractivity contribution in [2.45, 2.75) is 6.61 Å². The summed E-state index contributed by atoms with van der Waals surface area (Å²) in [6.07, 6.45) is -0.575. The average Bonchev–Trinajstić information content (AvgIpc) is 2.64. The summed E-state index contributed by atoms with van der Waals surface area (Å²) in [7, 11) is 4.35. The van der Waals surface area contributed by atoms with Crippen LogP contribution in [0.2, 0.25) is 0 Å². The lowest BCUT2D eigenvalue weighted by atomic mass is 10.1. The molecule has 25 heavy (non-hydrogen) atoms. The fourth-order valence-corrected chi connectivity index (χ4v) is 2.66. The van der Waals surface area contributed by atoms with Gasteiger partial charge in [0, 0.05) is 17.1 Å². The Balaban J connectivity index is 2.20. The molecule has 0 unspecified atom stereocenters. The molecular weight excluding hydrogens is 390 g/mol. The van der Waals surface area contributed by atoms with Crippen LogP contribution in [0.4, 0.5) is 10.5 Å². The van der Waals surface area contributed by atoms with E-state index in [0.717, 1.165) is 10.0 Å². The fraction of sp³-hybridized carbons (Fsp3) is 0.222. The molecule has 0 radical (unpaired) electrons. The van der Waals surface area contributed by atoms with Crippen LogP contribution in [0, 0.1) is 0 Å². The molecule has 0 aliphatic heterocycles. The van der Waals surface area contributed by atoms with Crippen LogP contribution < -0.4 is 9.64 Å². The van der Waals surface area contributed by atoms with Crippen molar-refractivity contribution >= 4 is 33.7 Å². The van der Waals surface area contributed by atoms with Crippen molar-refractivity contribution in [1.82, 2.24) is 0 Å². The number of hydrogen-bond donors (Lipinski definition) is 0. The first kappa shape index (κ1) is 18.8. The topological polar surface area (TPSA) is 65.1 Å². The van der Waals surface area contributed by atoms with E-state index in [1.54, 1.807) is 37.4 Å². The first-order valence-electron chi connectivity index (χ1n) is 7.38. The lowest BCUT2D eigenvalue weighted by molar-refractivity contribution is 0.0471. The third-order valence-corrected chi connectivity index (χ3v) is 4.03. The van der Waals surface area contributed by atoms with Crippen molar-refractivity contribution in [3.63, 3.8) is 0 Å². The van der Waals surface area contributed by atoms with E-state index in [1.807, 2.05) is 12.1 Å². The van der Waals surface area contributed by atoms with Gasteiger partial charge in [-0.3, -0.25) is 4.90 Å². The number of carbonyl (C=O) groups excluding carboxylic acids is 2. The second-order valence-corrected chi connectivity index (χ2v) is 5.99. The summed E-state index contributed by atoms with van der Waals surface area (Å²) in [5.41, 5.74) is 1.40. The van der Waals surface area contributed by atoms with Gasteiger partial charge in [0.05, 0.1) is 25.5 Å². The predicted octanol–water partition coefficient (Wildman–Crippen LogP) is 4.02. The molecule has 0 atom stereocenters. The molecule has 0 N–H and O–H groups in total. The largest absolute Gasteiger partial charge is 0.496 e. The predicted molar refractivity (Wildman–Crippen MR) is 97.1 cm³/mol. The minimum Gasteiger partial charge on any atom is -0.496 e. The monoisotopic (exact) mass is 407 g/mol. The number of carbonyl (C=O) groups is 2. The van der Waals surface area contributed by atoms with Crippen LogP contribution >= 0.6 is 15.9 Å². The first-order valence-corrected chi connectivity index (χ1v) is 8.17. The smallest absolute Gasteiger partial charge is 0.413 e. The Morgan fingerprint density at radius 3 is 2.52 bits per heavy atom. The van der Waals surface area contributed by atoms with Gasteiger partial charge in [0.15, 0.2) is 0 Å². The molecule has 0 bridgehead atoms. The van der Waals surface area contributed by atoms with E-state index in [0.29, 0.717) is 11.4 Å². The molecule has 0 aliphatic carbocycles. The molecular formula is C18H18BrNO5. The maximum absolute atomic E-state index is 12.5. The minimum atomic E-state index is -0.575. The zero-order valence-electron chi connectivity index (χ0n) is 14.1. The summed E-state index contributed by atoms with van der Waals surface area (Å²) in [5.74, 6) is 0.0735. The number of esters is 1. The Bertz CT molecular complexity index is 778. The van der Waals surface area contributed by atoms with Gasteiger partial charge in [-0.2, -0.15) is 0 Å². The van der Waals surface area contributed by atoms with E-state index < -0.39 is 12.1 Å². The van der Waals surface area contributed by atoms with Crippen molar-refractivity contribution < 1.29 is 23.8 Å². The minimum absolute atomic E-state index is 0.0394. The summed E-state index contributed by atoms with van der Waals surface area (Å²) in [6.45, 7) is 0.0394. The van der Waals surface area contributed by atoms with Gasteiger partial charge in [0.1, 0.15) is 12.4 Å². The highest BCUT2D eigenvalue weighted by atomic mass is 79.9. The van der Waals surface area contributed by atoms with Crippen LogP contribution in [0.15, 0.2) is 46.9 Å². The maximum Gasteiger partial charge on any atom is 0.413 e. The summed E-state index contributed by atoms with van der Waals surface area (Å²) >= 11 is 3.38. The average molecular weight is 408 g/mol. The molecule has 132 valence electrons. The molecule has 0 saturated carbocycles. The number of para-hydroxylation sites is 1. The van der Waals surface area contributed by atoms with Crippen molar-refractivity contribution in [2.75, 3.05) is 26.2 Å². The molecule has 2 rings (SSSR count). The van der Waals surface area contributed by atoms with Gasteiger partial charge in [0.25, 0.3) is 0 Å². The van der Waals surface area contributed by atoms with E-state index in [2.05, 4.69) is 20.7 Å². The quantitative estimate of drug-likeness (QED) is 0.700. The van der Waals surface area contributed by atoms with Gasteiger partial charge in [-0.05, 0) is 30.3 Å². The molecule has 6 nitrogen and oxygen atoms in total. The van der Waals surface area contributed by atoms with Crippen LogP contribution in [-0.2, 0) is 16.1 Å². The fourth-order valence-electron chi connectivity index (χ4n) is 2.26. The van der Waals surface area contributed by atoms with Crippen molar-refractivity contribution in [2.24, 2.45) is 0 Å². The van der Waals surface area contributed by atoms with Gasteiger partial charge in [-0.15, -0.1) is 0 Å². The summed E-state index contributed by atoms with van der Waals surface area (Å²) in [5, 5.41) is 0. The Morgan fingerprint density at radius 1 is 1.12 bits per heavy atom. The number of amides is 1. The number of halogens is 1. The second-order valence-electron chi connectivity index (χ2n) is 5.08. The molecule has 0 aliphatic rings. The Kier molecular flexibility index (Phi) is 6.41. The number of benzene rings is 2. The van der Waals surface area contributed by atoms with E-state index >= 15 is 0 Å². The number of methoxy groups -OCH3 is 2. The van der Waals surface area contributed by atoms with Crippen LogP contribution in [-0.4, -0.2) is 33.3 Å². The number of hydrogen-bond acceptors (Lipinski definition) is 5. The molecule has 7 heteroatoms. The third kappa shape index (κ3) is 4.51. The highest BCUT2D eigenvalue weighted by molar-refractivity contribution is 9.10. The molecule has 1 amide bonds. The highest BCUT2D eigenvalue weighted by Gasteiger charge is 2.20. The zero-order valence-corrected chi connectivity index (χ0v) is 15.7. The number of ether oxygens (including phenoxy) is 3. The third-order valence-electron chi connectivity index (χ3n) is 3.54. The number of anilines is 1. The zero-order chi connectivity index (χ0) is 18.4. The Morgan fingerprint density at radius 2 is 1.84 bits per heavy atom. The van der Waals surface area contributed by atoms with Gasteiger partial charge in [-0.25, -0.2) is 9.59 Å². The van der Waals surface area contributed by atoms with E-state index in [-0.39, 0.29) is 12.2 Å². The molecule has 2 aromatic carbocycles. The summed E-state index contributed by atoms with van der Waals surface area (Å²) in [4.78, 5) is 25.4. The van der Waals surface area contributed by atoms with Crippen molar-refractivity contribution in [3.8, 4) is 5.75 Å². The van der Waals surface area contributed by atoms with Gasteiger partial charge >= 0.3 is 12.1 Å². The molecule has 0 fully saturated rings. The molecule has 0 saturated heterocycles. The second kappa shape index (κ2) is 8.53. The van der Waals surface area contributed by atoms with Crippen molar-refractivity contribution in [3.05, 3.63) is 58.1 Å². The van der Waals surface area contributed by atoms with Crippen LogP contribution in [0.3, 0.4) is 0 Å². The van der Waals surface area contributed by atoms with Crippen LogP contribution in [0.1, 0.15) is 15.9 Å². The number of rotatable bonds is 5. The maximum atomic E-state index is 12.5. The SMILES string of the molecule is COC(=O)N(C)c1ccccc1C(=O)OCc1cc(Br)ccc1OC. The van der Waals surface area contributed by atoms with Gasteiger partial charge in [-0.1, -0.05) is 28.1 Å².